The van der Waals surface area contributed by atoms with Gasteiger partial charge in [-0.15, -0.1) is 11.3 Å². The van der Waals surface area contributed by atoms with Gasteiger partial charge in [0.05, 0.1) is 13.7 Å². The Balaban J connectivity index is 1.56. The van der Waals surface area contributed by atoms with Gasteiger partial charge in [-0.1, -0.05) is 48.0 Å². The van der Waals surface area contributed by atoms with Gasteiger partial charge in [0.1, 0.15) is 10.6 Å². The van der Waals surface area contributed by atoms with Gasteiger partial charge in [0, 0.05) is 23.2 Å². The van der Waals surface area contributed by atoms with Crippen molar-refractivity contribution in [2.45, 2.75) is 13.3 Å². The molecule has 0 fully saturated rings. The van der Waals surface area contributed by atoms with E-state index in [2.05, 4.69) is 16.3 Å². The van der Waals surface area contributed by atoms with E-state index >= 15 is 0 Å². The van der Waals surface area contributed by atoms with Crippen LogP contribution in [0.2, 0.25) is 0 Å². The van der Waals surface area contributed by atoms with Crippen molar-refractivity contribution < 1.29 is 14.3 Å². The van der Waals surface area contributed by atoms with Crippen molar-refractivity contribution in [3.8, 4) is 11.1 Å². The fourth-order valence-electron chi connectivity index (χ4n) is 3.61. The van der Waals surface area contributed by atoms with E-state index in [0.717, 1.165) is 35.3 Å². The normalized spacial score (nSPS) is 12.6. The molecule has 0 atom stereocenters. The third-order valence-electron chi connectivity index (χ3n) is 5.11. The molecule has 1 aliphatic rings. The highest BCUT2D eigenvalue weighted by Gasteiger charge is 2.24. The van der Waals surface area contributed by atoms with E-state index in [1.807, 2.05) is 54.8 Å². The van der Waals surface area contributed by atoms with E-state index < -0.39 is 5.97 Å². The smallest absolute Gasteiger partial charge is 0.341 e. The molecule has 1 aliphatic heterocycles. The first-order valence-electron chi connectivity index (χ1n) is 9.46. The van der Waals surface area contributed by atoms with E-state index in [1.165, 1.54) is 24.0 Å². The lowest BCUT2D eigenvalue weighted by Gasteiger charge is -2.18. The Hall–Kier alpha value is -3.12. The number of hydrogen-bond acceptors (Lipinski definition) is 5. The van der Waals surface area contributed by atoms with Gasteiger partial charge in [-0.25, -0.2) is 4.79 Å². The number of ether oxygens (including phenoxy) is 1. The number of carbonyl (C=O) groups excluding carboxylic acids is 2. The van der Waals surface area contributed by atoms with Crippen LogP contribution in [0.4, 0.5) is 10.7 Å². The van der Waals surface area contributed by atoms with Crippen LogP contribution in [0.1, 0.15) is 21.5 Å². The molecule has 0 spiro atoms. The van der Waals surface area contributed by atoms with Gasteiger partial charge in [-0.2, -0.15) is 0 Å². The first-order valence-corrected chi connectivity index (χ1v) is 10.3. The van der Waals surface area contributed by atoms with Crippen LogP contribution in [0.15, 0.2) is 53.9 Å². The lowest BCUT2D eigenvalue weighted by molar-refractivity contribution is -0.114. The molecule has 0 aliphatic carbocycles. The summed E-state index contributed by atoms with van der Waals surface area (Å²) >= 11 is 1.34. The standard InChI is InChI=1S/C23H22N2O3S/c1-15-7-9-16(10-8-15)18-14-29-22(21(18)23(27)28-2)24-20(26)13-25-12-11-17-5-3-4-6-19(17)25/h3-10,14H,11-13H2,1-2H3,(H,24,26). The summed E-state index contributed by atoms with van der Waals surface area (Å²) in [5.74, 6) is -0.604. The summed E-state index contributed by atoms with van der Waals surface area (Å²) in [6.07, 6.45) is 0.938. The Bertz CT molecular complexity index is 1060. The van der Waals surface area contributed by atoms with Crippen molar-refractivity contribution in [3.05, 3.63) is 70.6 Å². The van der Waals surface area contributed by atoms with Gasteiger partial charge in [0.15, 0.2) is 0 Å². The molecule has 29 heavy (non-hydrogen) atoms. The molecular weight excluding hydrogens is 384 g/mol. The molecule has 0 saturated carbocycles. The number of methoxy groups -OCH3 is 1. The maximum absolute atomic E-state index is 12.7. The Labute approximate surface area is 173 Å². The molecule has 1 aromatic heterocycles. The van der Waals surface area contributed by atoms with E-state index in [9.17, 15) is 9.59 Å². The molecule has 0 radical (unpaired) electrons. The molecule has 2 aromatic carbocycles. The quantitative estimate of drug-likeness (QED) is 0.634. The summed E-state index contributed by atoms with van der Waals surface area (Å²) in [5, 5.41) is 5.33. The topological polar surface area (TPSA) is 58.6 Å². The van der Waals surface area contributed by atoms with Crippen LogP contribution in [-0.2, 0) is 16.0 Å². The summed E-state index contributed by atoms with van der Waals surface area (Å²) in [7, 11) is 1.35. The maximum Gasteiger partial charge on any atom is 0.341 e. The maximum atomic E-state index is 12.7. The SMILES string of the molecule is COC(=O)c1c(-c2ccc(C)cc2)csc1NC(=O)CN1CCc2ccccc21. The third-order valence-corrected chi connectivity index (χ3v) is 6.01. The van der Waals surface area contributed by atoms with Crippen molar-refractivity contribution in [2.24, 2.45) is 0 Å². The van der Waals surface area contributed by atoms with Crippen molar-refractivity contribution in [1.82, 2.24) is 0 Å². The summed E-state index contributed by atoms with van der Waals surface area (Å²) in [5.41, 5.74) is 5.58. The predicted octanol–water partition coefficient (Wildman–Crippen LogP) is 4.51. The van der Waals surface area contributed by atoms with Crippen LogP contribution in [0, 0.1) is 6.92 Å². The Morgan fingerprint density at radius 1 is 1.14 bits per heavy atom. The number of anilines is 2. The molecule has 1 amide bonds. The van der Waals surface area contributed by atoms with Gasteiger partial charge >= 0.3 is 5.97 Å². The molecule has 0 bridgehead atoms. The molecule has 5 nitrogen and oxygen atoms in total. The molecule has 0 unspecified atom stereocenters. The van der Waals surface area contributed by atoms with Crippen molar-refractivity contribution in [2.75, 3.05) is 30.4 Å². The number of hydrogen-bond donors (Lipinski definition) is 1. The zero-order valence-electron chi connectivity index (χ0n) is 16.4. The molecule has 0 saturated heterocycles. The van der Waals surface area contributed by atoms with E-state index in [1.54, 1.807) is 0 Å². The zero-order chi connectivity index (χ0) is 20.4. The Morgan fingerprint density at radius 3 is 2.66 bits per heavy atom. The zero-order valence-corrected chi connectivity index (χ0v) is 17.2. The minimum absolute atomic E-state index is 0.149. The first-order chi connectivity index (χ1) is 14.1. The average molecular weight is 407 g/mol. The fraction of sp³-hybridized carbons (Fsp3) is 0.217. The molecule has 3 aromatic rings. The number of aryl methyl sites for hydroxylation is 1. The number of fused-ring (bicyclic) bond motifs is 1. The highest BCUT2D eigenvalue weighted by Crippen LogP contribution is 2.36. The monoisotopic (exact) mass is 406 g/mol. The highest BCUT2D eigenvalue weighted by atomic mass is 32.1. The van der Waals surface area contributed by atoms with Gasteiger partial charge in [-0.3, -0.25) is 4.79 Å². The minimum atomic E-state index is -0.455. The number of benzene rings is 2. The second-order valence-corrected chi connectivity index (χ2v) is 7.94. The lowest BCUT2D eigenvalue weighted by atomic mass is 10.0. The van der Waals surface area contributed by atoms with Crippen LogP contribution in [0.5, 0.6) is 0 Å². The van der Waals surface area contributed by atoms with Crippen LogP contribution in [0.3, 0.4) is 0 Å². The number of nitrogens with zero attached hydrogens (tertiary/aromatic N) is 1. The predicted molar refractivity (Wildman–Crippen MR) is 117 cm³/mol. The number of thiophene rings is 1. The first kappa shape index (κ1) is 19.2. The van der Waals surface area contributed by atoms with Gasteiger partial charge < -0.3 is 15.0 Å². The number of rotatable bonds is 5. The average Bonchev–Trinajstić information content (AvgIpc) is 3.32. The lowest BCUT2D eigenvalue weighted by Crippen LogP contribution is -2.32. The van der Waals surface area contributed by atoms with Gasteiger partial charge in [0.25, 0.3) is 0 Å². The minimum Gasteiger partial charge on any atom is -0.465 e. The van der Waals surface area contributed by atoms with Crippen LogP contribution < -0.4 is 10.2 Å². The molecule has 4 rings (SSSR count). The number of para-hydroxylation sites is 1. The molecule has 148 valence electrons. The summed E-state index contributed by atoms with van der Waals surface area (Å²) in [6.45, 7) is 3.08. The number of nitrogens with one attached hydrogen (secondary N) is 1. The molecule has 1 N–H and O–H groups in total. The van der Waals surface area contributed by atoms with Gasteiger partial charge in [-0.05, 0) is 30.5 Å². The second kappa shape index (κ2) is 8.09. The highest BCUT2D eigenvalue weighted by molar-refractivity contribution is 7.15. The molecule has 6 heteroatoms. The summed E-state index contributed by atoms with van der Waals surface area (Å²) in [4.78, 5) is 27.3. The number of amides is 1. The van der Waals surface area contributed by atoms with Crippen LogP contribution in [-0.4, -0.2) is 32.1 Å². The second-order valence-electron chi connectivity index (χ2n) is 7.06. The Kier molecular flexibility index (Phi) is 5.36. The van der Waals surface area contributed by atoms with Gasteiger partial charge in [0.2, 0.25) is 5.91 Å². The number of carbonyl (C=O) groups is 2. The largest absolute Gasteiger partial charge is 0.465 e. The molecule has 2 heterocycles. The Morgan fingerprint density at radius 2 is 1.90 bits per heavy atom. The van der Waals surface area contributed by atoms with E-state index in [0.29, 0.717) is 10.6 Å². The van der Waals surface area contributed by atoms with E-state index in [4.69, 9.17) is 4.74 Å². The molecular formula is C23H22N2O3S. The fourth-order valence-corrected chi connectivity index (χ4v) is 4.58. The third kappa shape index (κ3) is 3.89. The van der Waals surface area contributed by atoms with Crippen molar-refractivity contribution in [3.63, 3.8) is 0 Å². The summed E-state index contributed by atoms with van der Waals surface area (Å²) in [6, 6.07) is 16.1. The van der Waals surface area contributed by atoms with Crippen LogP contribution >= 0.6 is 11.3 Å². The number of esters is 1. The van der Waals surface area contributed by atoms with E-state index in [-0.39, 0.29) is 12.5 Å². The van der Waals surface area contributed by atoms with Crippen molar-refractivity contribution in [1.29, 1.82) is 0 Å². The van der Waals surface area contributed by atoms with Crippen LogP contribution in [0.25, 0.3) is 11.1 Å². The van der Waals surface area contributed by atoms with Crippen molar-refractivity contribution >= 4 is 33.9 Å². The summed E-state index contributed by atoms with van der Waals surface area (Å²) < 4.78 is 4.99.